The number of aryl methyl sites for hydroxylation is 1. The number of carbonyl (C=O) groups is 2. The average molecular weight is 310 g/mol. The van der Waals surface area contributed by atoms with Crippen LogP contribution in [-0.4, -0.2) is 17.9 Å². The molecule has 0 radical (unpaired) electrons. The minimum absolute atomic E-state index is 0.181. The molecule has 1 saturated carbocycles. The lowest BCUT2D eigenvalue weighted by Gasteiger charge is -2.10. The van der Waals surface area contributed by atoms with Crippen molar-refractivity contribution in [1.29, 1.82) is 0 Å². The van der Waals surface area contributed by atoms with E-state index in [1.165, 1.54) is 0 Å². The van der Waals surface area contributed by atoms with Gasteiger partial charge in [-0.2, -0.15) is 0 Å². The maximum atomic E-state index is 12.3. The van der Waals surface area contributed by atoms with Crippen LogP contribution in [0.5, 0.6) is 0 Å². The lowest BCUT2D eigenvalue weighted by Crippen LogP contribution is -2.35. The molecule has 1 aliphatic carbocycles. The summed E-state index contributed by atoms with van der Waals surface area (Å²) in [5.74, 6) is 0.640. The van der Waals surface area contributed by atoms with Crippen molar-refractivity contribution in [3.05, 3.63) is 65.2 Å². The van der Waals surface area contributed by atoms with Crippen molar-refractivity contribution in [1.82, 2.24) is 10.6 Å². The van der Waals surface area contributed by atoms with Gasteiger partial charge in [-0.25, -0.2) is 0 Å². The van der Waals surface area contributed by atoms with Crippen molar-refractivity contribution in [3.63, 3.8) is 0 Å². The average Bonchev–Trinajstić information content (AvgIpc) is 3.27. The summed E-state index contributed by atoms with van der Waals surface area (Å²) >= 11 is 0. The van der Waals surface area contributed by atoms with Crippen LogP contribution in [0.15, 0.2) is 52.6 Å². The molecule has 0 aliphatic heterocycles. The number of carbonyl (C=O) groups excluding carboxylic acids is 2. The van der Waals surface area contributed by atoms with E-state index < -0.39 is 0 Å². The van der Waals surface area contributed by atoms with Crippen LogP contribution < -0.4 is 10.6 Å². The van der Waals surface area contributed by atoms with Gasteiger partial charge in [0, 0.05) is 17.7 Å². The van der Waals surface area contributed by atoms with Gasteiger partial charge in [-0.05, 0) is 44.0 Å². The zero-order valence-corrected chi connectivity index (χ0v) is 12.8. The first-order valence-electron chi connectivity index (χ1n) is 7.57. The van der Waals surface area contributed by atoms with E-state index in [0.717, 1.165) is 18.6 Å². The lowest BCUT2D eigenvalue weighted by molar-refractivity contribution is -0.117. The fourth-order valence-electron chi connectivity index (χ4n) is 2.11. The molecule has 2 aromatic rings. The third kappa shape index (κ3) is 4.10. The predicted molar refractivity (Wildman–Crippen MR) is 86.5 cm³/mol. The third-order valence-corrected chi connectivity index (χ3v) is 3.49. The Morgan fingerprint density at radius 1 is 1.13 bits per heavy atom. The van der Waals surface area contributed by atoms with Crippen LogP contribution in [0.4, 0.5) is 0 Å². The molecule has 0 atom stereocenters. The highest BCUT2D eigenvalue weighted by Gasteiger charge is 2.25. The molecule has 118 valence electrons. The minimum atomic E-state index is -0.328. The Bertz CT molecular complexity index is 743. The van der Waals surface area contributed by atoms with Crippen molar-refractivity contribution in [2.24, 2.45) is 0 Å². The summed E-state index contributed by atoms with van der Waals surface area (Å²) in [6, 6.07) is 12.6. The highest BCUT2D eigenvalue weighted by atomic mass is 16.3. The molecule has 5 nitrogen and oxygen atoms in total. The second kappa shape index (κ2) is 6.52. The maximum absolute atomic E-state index is 12.3. The quantitative estimate of drug-likeness (QED) is 0.834. The Morgan fingerprint density at radius 3 is 2.48 bits per heavy atom. The molecule has 1 aromatic carbocycles. The number of rotatable bonds is 5. The van der Waals surface area contributed by atoms with E-state index in [1.54, 1.807) is 42.5 Å². The first-order chi connectivity index (χ1) is 11.1. The second-order valence-electron chi connectivity index (χ2n) is 5.57. The molecule has 0 spiro atoms. The van der Waals surface area contributed by atoms with Gasteiger partial charge in [-0.15, -0.1) is 0 Å². The zero-order chi connectivity index (χ0) is 16.2. The van der Waals surface area contributed by atoms with Gasteiger partial charge < -0.3 is 15.1 Å². The van der Waals surface area contributed by atoms with Gasteiger partial charge in [0.05, 0.1) is 0 Å². The van der Waals surface area contributed by atoms with Crippen molar-refractivity contribution < 1.29 is 14.0 Å². The van der Waals surface area contributed by atoms with E-state index in [4.69, 9.17) is 4.42 Å². The Balaban J connectivity index is 1.80. The Labute approximate surface area is 134 Å². The number of hydrogen-bond acceptors (Lipinski definition) is 3. The van der Waals surface area contributed by atoms with Crippen molar-refractivity contribution in [2.45, 2.75) is 25.8 Å². The van der Waals surface area contributed by atoms with Crippen LogP contribution in [0.2, 0.25) is 0 Å². The standard InChI is InChI=1S/C18H18N2O3/c1-12-7-10-15(23-12)11-16(18(22)19-14-8-9-14)20-17(21)13-5-3-2-4-6-13/h2-7,10-11,14H,8-9H2,1H3,(H,19,22)(H,20,21)/b16-11+. The fraction of sp³-hybridized carbons (Fsp3) is 0.222. The lowest BCUT2D eigenvalue weighted by atomic mass is 10.2. The molecule has 1 aliphatic rings. The number of benzene rings is 1. The largest absolute Gasteiger partial charge is 0.462 e. The monoisotopic (exact) mass is 310 g/mol. The van der Waals surface area contributed by atoms with E-state index in [2.05, 4.69) is 10.6 Å². The van der Waals surface area contributed by atoms with Gasteiger partial charge in [0.1, 0.15) is 17.2 Å². The molecule has 2 amide bonds. The maximum Gasteiger partial charge on any atom is 0.268 e. The number of furan rings is 1. The topological polar surface area (TPSA) is 71.3 Å². The van der Waals surface area contributed by atoms with Gasteiger partial charge in [-0.3, -0.25) is 9.59 Å². The highest BCUT2D eigenvalue weighted by molar-refractivity contribution is 6.05. The molecule has 0 saturated heterocycles. The minimum Gasteiger partial charge on any atom is -0.462 e. The molecular weight excluding hydrogens is 292 g/mol. The van der Waals surface area contributed by atoms with E-state index in [-0.39, 0.29) is 23.6 Å². The number of hydrogen-bond donors (Lipinski definition) is 2. The molecule has 3 rings (SSSR count). The molecule has 1 heterocycles. The van der Waals surface area contributed by atoms with Gasteiger partial charge in [0.25, 0.3) is 11.8 Å². The van der Waals surface area contributed by atoms with Crippen LogP contribution in [0.3, 0.4) is 0 Å². The summed E-state index contributed by atoms with van der Waals surface area (Å²) in [6.07, 6.45) is 3.50. The van der Waals surface area contributed by atoms with Crippen LogP contribution >= 0.6 is 0 Å². The van der Waals surface area contributed by atoms with Gasteiger partial charge >= 0.3 is 0 Å². The molecule has 5 heteroatoms. The molecule has 1 fully saturated rings. The van der Waals surface area contributed by atoms with Crippen LogP contribution in [0.1, 0.15) is 34.7 Å². The first kappa shape index (κ1) is 15.1. The summed E-state index contributed by atoms with van der Waals surface area (Å²) in [4.78, 5) is 24.6. The van der Waals surface area contributed by atoms with Crippen molar-refractivity contribution in [2.75, 3.05) is 0 Å². The molecule has 0 bridgehead atoms. The molecular formula is C18H18N2O3. The van der Waals surface area contributed by atoms with Crippen LogP contribution in [0, 0.1) is 6.92 Å². The fourth-order valence-corrected chi connectivity index (χ4v) is 2.11. The smallest absolute Gasteiger partial charge is 0.268 e. The van der Waals surface area contributed by atoms with Crippen molar-refractivity contribution >= 4 is 17.9 Å². The summed E-state index contributed by atoms with van der Waals surface area (Å²) in [5.41, 5.74) is 0.674. The van der Waals surface area contributed by atoms with E-state index in [9.17, 15) is 9.59 Å². The number of amides is 2. The van der Waals surface area contributed by atoms with Crippen molar-refractivity contribution in [3.8, 4) is 0 Å². The number of nitrogens with one attached hydrogen (secondary N) is 2. The highest BCUT2D eigenvalue weighted by Crippen LogP contribution is 2.19. The van der Waals surface area contributed by atoms with E-state index in [0.29, 0.717) is 11.3 Å². The Morgan fingerprint density at radius 2 is 1.87 bits per heavy atom. The predicted octanol–water partition coefficient (Wildman–Crippen LogP) is 2.64. The summed E-state index contributed by atoms with van der Waals surface area (Å²) in [7, 11) is 0. The molecule has 23 heavy (non-hydrogen) atoms. The molecule has 0 unspecified atom stereocenters. The van der Waals surface area contributed by atoms with E-state index in [1.807, 2.05) is 13.0 Å². The summed E-state index contributed by atoms with van der Waals surface area (Å²) < 4.78 is 5.46. The van der Waals surface area contributed by atoms with Crippen LogP contribution in [0.25, 0.3) is 6.08 Å². The normalized spacial score (nSPS) is 14.4. The van der Waals surface area contributed by atoms with Crippen LogP contribution in [-0.2, 0) is 4.79 Å². The van der Waals surface area contributed by atoms with Gasteiger partial charge in [-0.1, -0.05) is 18.2 Å². The summed E-state index contributed by atoms with van der Waals surface area (Å²) in [5, 5.41) is 5.55. The van der Waals surface area contributed by atoms with E-state index >= 15 is 0 Å². The van der Waals surface area contributed by atoms with Gasteiger partial charge in [0.15, 0.2) is 0 Å². The summed E-state index contributed by atoms with van der Waals surface area (Å²) in [6.45, 7) is 1.82. The zero-order valence-electron chi connectivity index (χ0n) is 12.8. The SMILES string of the molecule is Cc1ccc(/C=C(/NC(=O)c2ccccc2)C(=O)NC2CC2)o1. The van der Waals surface area contributed by atoms with Gasteiger partial charge in [0.2, 0.25) is 0 Å². The molecule has 1 aromatic heterocycles. The first-order valence-corrected chi connectivity index (χ1v) is 7.57. The Hall–Kier alpha value is -2.82. The Kier molecular flexibility index (Phi) is 4.28. The molecule has 2 N–H and O–H groups in total. The third-order valence-electron chi connectivity index (χ3n) is 3.49. The second-order valence-corrected chi connectivity index (χ2v) is 5.57.